The summed E-state index contributed by atoms with van der Waals surface area (Å²) < 4.78 is 5.14. The van der Waals surface area contributed by atoms with Crippen LogP contribution in [0.4, 0.5) is 0 Å². The molecule has 0 saturated carbocycles. The molecule has 1 atom stereocenters. The summed E-state index contributed by atoms with van der Waals surface area (Å²) in [4.78, 5) is 0. The molecule has 1 aromatic rings. The van der Waals surface area contributed by atoms with Gasteiger partial charge in [-0.2, -0.15) is 0 Å². The fraction of sp³-hybridized carbons (Fsp3) is 0.556. The Kier molecular flexibility index (Phi) is 10.9. The van der Waals surface area contributed by atoms with Crippen LogP contribution in [-0.2, 0) is 6.54 Å². The molecule has 0 amide bonds. The zero-order chi connectivity index (χ0) is 18.5. The number of hydrogen-bond acceptors (Lipinski definition) is 3. The molecule has 0 aromatic heterocycles. The van der Waals surface area contributed by atoms with E-state index in [1.165, 1.54) is 25.7 Å². The van der Waals surface area contributed by atoms with Crippen LogP contribution in [-0.4, -0.2) is 23.9 Å². The molecule has 0 heterocycles. The van der Waals surface area contributed by atoms with E-state index in [4.69, 9.17) is 29.2 Å². The van der Waals surface area contributed by atoms with Gasteiger partial charge in [0.05, 0.1) is 7.11 Å². The molecule has 0 spiro atoms. The molecule has 0 fully saturated rings. The summed E-state index contributed by atoms with van der Waals surface area (Å²) in [6.45, 7) is 5.95. The average Bonchev–Trinajstić information content (AvgIpc) is 2.63. The first-order chi connectivity index (χ1) is 12.0. The summed E-state index contributed by atoms with van der Waals surface area (Å²) >= 11 is 10.5. The Labute approximate surface area is 162 Å². The average molecular weight is 383 g/mol. The minimum absolute atomic E-state index is 0.496. The Hall–Kier alpha value is -1.60. The van der Waals surface area contributed by atoms with E-state index in [1.54, 1.807) is 7.11 Å². The third kappa shape index (κ3) is 10.1. The van der Waals surface area contributed by atoms with Crippen molar-refractivity contribution in [1.29, 1.82) is 0 Å². The fourth-order valence-electron chi connectivity index (χ4n) is 2.24. The lowest BCUT2D eigenvalue weighted by Crippen LogP contribution is -2.50. The summed E-state index contributed by atoms with van der Waals surface area (Å²) in [6.07, 6.45) is 5.05. The number of unbranched alkanes of at least 4 members (excludes halogenated alkanes) is 2. The van der Waals surface area contributed by atoms with Gasteiger partial charge < -0.3 is 15.4 Å². The maximum atomic E-state index is 5.25. The van der Waals surface area contributed by atoms with Crippen LogP contribution in [0.15, 0.2) is 24.3 Å². The van der Waals surface area contributed by atoms with E-state index in [0.717, 1.165) is 17.9 Å². The monoisotopic (exact) mass is 382 g/mol. The van der Waals surface area contributed by atoms with Crippen molar-refractivity contribution in [3.05, 3.63) is 29.8 Å². The van der Waals surface area contributed by atoms with E-state index in [0.29, 0.717) is 22.7 Å². The molecular formula is C18H30N4OS2. The molecule has 0 aliphatic carbocycles. The normalized spacial score (nSPS) is 11.3. The van der Waals surface area contributed by atoms with Gasteiger partial charge in [-0.15, -0.1) is 0 Å². The number of rotatable bonds is 9. The van der Waals surface area contributed by atoms with Crippen LogP contribution in [0, 0.1) is 5.92 Å². The quantitative estimate of drug-likeness (QED) is 0.297. The Morgan fingerprint density at radius 1 is 1.04 bits per heavy atom. The Bertz CT molecular complexity index is 522. The highest BCUT2D eigenvalue weighted by molar-refractivity contribution is 7.80. The molecule has 0 bridgehead atoms. The number of hydrogen-bond donors (Lipinski definition) is 4. The van der Waals surface area contributed by atoms with E-state index in [9.17, 15) is 0 Å². The standard InChI is InChI=1S/C18H30N4OS2/c1-4-5-6-7-14(2)12-19-17(24)21-22-18(25)20-13-15-8-10-16(23-3)11-9-15/h8-11,14H,4-7,12-13H2,1-3H3,(H2,19,21,24)(H2,20,22,25)/t14-/m1/s1. The van der Waals surface area contributed by atoms with Gasteiger partial charge in [-0.1, -0.05) is 45.2 Å². The summed E-state index contributed by atoms with van der Waals surface area (Å²) in [6, 6.07) is 7.83. The SMILES string of the molecule is CCCCC[C@@H](C)CNC(=S)NNC(=S)NCc1ccc(OC)cc1. The van der Waals surface area contributed by atoms with Gasteiger partial charge in [0.2, 0.25) is 0 Å². The smallest absolute Gasteiger partial charge is 0.185 e. The fourth-order valence-corrected chi connectivity index (χ4v) is 2.50. The molecule has 0 aliphatic heterocycles. The van der Waals surface area contributed by atoms with Gasteiger partial charge in [0.1, 0.15) is 5.75 Å². The molecular weight excluding hydrogens is 352 g/mol. The van der Waals surface area contributed by atoms with E-state index in [1.807, 2.05) is 24.3 Å². The first-order valence-electron chi connectivity index (χ1n) is 8.75. The molecule has 0 aliphatic rings. The number of methoxy groups -OCH3 is 1. The van der Waals surface area contributed by atoms with Crippen molar-refractivity contribution in [1.82, 2.24) is 21.5 Å². The molecule has 25 heavy (non-hydrogen) atoms. The Morgan fingerprint density at radius 2 is 1.68 bits per heavy atom. The lowest BCUT2D eigenvalue weighted by molar-refractivity contribution is 0.414. The van der Waals surface area contributed by atoms with Crippen molar-refractivity contribution in [2.75, 3.05) is 13.7 Å². The summed E-state index contributed by atoms with van der Waals surface area (Å²) in [5.74, 6) is 1.44. The van der Waals surface area contributed by atoms with Crippen molar-refractivity contribution in [3.8, 4) is 5.75 Å². The van der Waals surface area contributed by atoms with Crippen LogP contribution in [0.5, 0.6) is 5.75 Å². The van der Waals surface area contributed by atoms with E-state index >= 15 is 0 Å². The zero-order valence-corrected chi connectivity index (χ0v) is 17.0. The number of thiocarbonyl (C=S) groups is 2. The molecule has 7 heteroatoms. The third-order valence-electron chi connectivity index (χ3n) is 3.81. The molecule has 0 radical (unpaired) electrons. The van der Waals surface area contributed by atoms with Crippen LogP contribution in [0.2, 0.25) is 0 Å². The van der Waals surface area contributed by atoms with Gasteiger partial charge in [0.25, 0.3) is 0 Å². The number of ether oxygens (including phenoxy) is 1. The second-order valence-electron chi connectivity index (χ2n) is 6.09. The van der Waals surface area contributed by atoms with Crippen molar-refractivity contribution in [2.24, 2.45) is 5.92 Å². The predicted octanol–water partition coefficient (Wildman–Crippen LogP) is 3.25. The first kappa shape index (κ1) is 21.4. The van der Waals surface area contributed by atoms with Crippen molar-refractivity contribution < 1.29 is 4.74 Å². The Morgan fingerprint density at radius 3 is 2.28 bits per heavy atom. The third-order valence-corrected chi connectivity index (χ3v) is 4.31. The lowest BCUT2D eigenvalue weighted by atomic mass is 10.0. The van der Waals surface area contributed by atoms with Gasteiger partial charge in [-0.3, -0.25) is 10.9 Å². The van der Waals surface area contributed by atoms with E-state index in [-0.39, 0.29) is 0 Å². The number of nitrogens with one attached hydrogen (secondary N) is 4. The predicted molar refractivity (Wildman–Crippen MR) is 113 cm³/mol. The topological polar surface area (TPSA) is 57.3 Å². The minimum atomic E-state index is 0.496. The van der Waals surface area contributed by atoms with Gasteiger partial charge >= 0.3 is 0 Å². The molecule has 0 saturated heterocycles. The molecule has 5 nitrogen and oxygen atoms in total. The van der Waals surface area contributed by atoms with Gasteiger partial charge in [-0.05, 0) is 54.5 Å². The molecule has 0 unspecified atom stereocenters. The van der Waals surface area contributed by atoms with E-state index in [2.05, 4.69) is 35.3 Å². The summed E-state index contributed by atoms with van der Waals surface area (Å²) in [5, 5.41) is 7.38. The highest BCUT2D eigenvalue weighted by Gasteiger charge is 2.03. The van der Waals surface area contributed by atoms with Crippen LogP contribution in [0.25, 0.3) is 0 Å². The molecule has 140 valence electrons. The van der Waals surface area contributed by atoms with Crippen LogP contribution in [0.3, 0.4) is 0 Å². The van der Waals surface area contributed by atoms with Gasteiger partial charge in [0.15, 0.2) is 10.2 Å². The second-order valence-corrected chi connectivity index (χ2v) is 6.91. The van der Waals surface area contributed by atoms with E-state index < -0.39 is 0 Å². The van der Waals surface area contributed by atoms with Crippen molar-refractivity contribution in [2.45, 2.75) is 46.1 Å². The highest BCUT2D eigenvalue weighted by Crippen LogP contribution is 2.10. The first-order valence-corrected chi connectivity index (χ1v) is 9.57. The summed E-state index contributed by atoms with van der Waals surface area (Å²) in [5.41, 5.74) is 6.92. The van der Waals surface area contributed by atoms with Crippen molar-refractivity contribution >= 4 is 34.7 Å². The van der Waals surface area contributed by atoms with Crippen LogP contribution < -0.4 is 26.2 Å². The highest BCUT2D eigenvalue weighted by atomic mass is 32.1. The Balaban J connectivity index is 2.14. The molecule has 4 N–H and O–H groups in total. The molecule has 1 aromatic carbocycles. The summed E-state index contributed by atoms with van der Waals surface area (Å²) in [7, 11) is 1.65. The van der Waals surface area contributed by atoms with Gasteiger partial charge in [0, 0.05) is 13.1 Å². The second kappa shape index (κ2) is 12.7. The van der Waals surface area contributed by atoms with Gasteiger partial charge in [-0.25, -0.2) is 0 Å². The maximum Gasteiger partial charge on any atom is 0.185 e. The zero-order valence-electron chi connectivity index (χ0n) is 15.4. The number of benzene rings is 1. The van der Waals surface area contributed by atoms with Crippen LogP contribution >= 0.6 is 24.4 Å². The van der Waals surface area contributed by atoms with Crippen molar-refractivity contribution in [3.63, 3.8) is 0 Å². The minimum Gasteiger partial charge on any atom is -0.497 e. The largest absolute Gasteiger partial charge is 0.497 e. The lowest BCUT2D eigenvalue weighted by Gasteiger charge is -2.17. The molecule has 1 rings (SSSR count). The number of hydrazine groups is 1. The van der Waals surface area contributed by atoms with Crippen LogP contribution in [0.1, 0.15) is 45.1 Å². The maximum absolute atomic E-state index is 5.25.